The summed E-state index contributed by atoms with van der Waals surface area (Å²) < 4.78 is 15.5. The first-order valence-corrected chi connectivity index (χ1v) is 6.42. The standard InChI is InChI=1S/C14H21NO5/c1-18-12-6-3-5-11(13(12)19-2)14(17)15-7-4-9-20-10-8-16/h3,5-6,16H,4,7-10H2,1-2H3,(H,15,17). The number of hydrogen-bond donors (Lipinski definition) is 2. The number of nitrogens with one attached hydrogen (secondary N) is 1. The molecular formula is C14H21NO5. The van der Waals surface area contributed by atoms with E-state index in [1.54, 1.807) is 18.2 Å². The number of carbonyl (C=O) groups is 1. The van der Waals surface area contributed by atoms with Gasteiger partial charge in [-0.05, 0) is 18.6 Å². The second-order valence-electron chi connectivity index (χ2n) is 3.99. The summed E-state index contributed by atoms with van der Waals surface area (Å²) in [5.74, 6) is 0.721. The molecule has 0 saturated carbocycles. The Hall–Kier alpha value is -1.79. The van der Waals surface area contributed by atoms with Crippen LogP contribution in [0.1, 0.15) is 16.8 Å². The molecule has 6 nitrogen and oxygen atoms in total. The van der Waals surface area contributed by atoms with Crippen molar-refractivity contribution in [3.05, 3.63) is 23.8 Å². The van der Waals surface area contributed by atoms with Crippen LogP contribution < -0.4 is 14.8 Å². The number of ether oxygens (including phenoxy) is 3. The Balaban J connectivity index is 2.51. The Labute approximate surface area is 118 Å². The molecule has 0 saturated heterocycles. The molecule has 0 fully saturated rings. The van der Waals surface area contributed by atoms with Crippen LogP contribution in [-0.2, 0) is 4.74 Å². The quantitative estimate of drug-likeness (QED) is 0.657. The number of para-hydroxylation sites is 1. The molecule has 0 atom stereocenters. The van der Waals surface area contributed by atoms with Crippen molar-refractivity contribution in [1.29, 1.82) is 0 Å². The molecule has 0 bridgehead atoms. The number of hydrogen-bond acceptors (Lipinski definition) is 5. The van der Waals surface area contributed by atoms with Crippen molar-refractivity contribution in [3.8, 4) is 11.5 Å². The molecule has 20 heavy (non-hydrogen) atoms. The molecule has 0 aliphatic carbocycles. The summed E-state index contributed by atoms with van der Waals surface area (Å²) >= 11 is 0. The first kappa shape index (κ1) is 16.3. The maximum Gasteiger partial charge on any atom is 0.255 e. The molecule has 0 aromatic heterocycles. The number of methoxy groups -OCH3 is 2. The summed E-state index contributed by atoms with van der Waals surface area (Å²) in [4.78, 5) is 12.1. The van der Waals surface area contributed by atoms with Crippen LogP contribution in [0.5, 0.6) is 11.5 Å². The maximum absolute atomic E-state index is 12.1. The van der Waals surface area contributed by atoms with Gasteiger partial charge in [0.15, 0.2) is 11.5 Å². The smallest absolute Gasteiger partial charge is 0.255 e. The largest absolute Gasteiger partial charge is 0.493 e. The Kier molecular flexibility index (Phi) is 7.46. The van der Waals surface area contributed by atoms with E-state index in [1.165, 1.54) is 14.2 Å². The number of aliphatic hydroxyl groups excluding tert-OH is 1. The van der Waals surface area contributed by atoms with Crippen LogP contribution in [0.15, 0.2) is 18.2 Å². The van der Waals surface area contributed by atoms with Crippen molar-refractivity contribution >= 4 is 5.91 Å². The highest BCUT2D eigenvalue weighted by Gasteiger charge is 2.15. The van der Waals surface area contributed by atoms with Crippen LogP contribution in [0.4, 0.5) is 0 Å². The van der Waals surface area contributed by atoms with Gasteiger partial charge in [-0.3, -0.25) is 4.79 Å². The predicted octanol–water partition coefficient (Wildman–Crippen LogP) is 0.833. The van der Waals surface area contributed by atoms with Crippen LogP contribution in [0.2, 0.25) is 0 Å². The topological polar surface area (TPSA) is 77.0 Å². The van der Waals surface area contributed by atoms with Crippen molar-refractivity contribution in [2.24, 2.45) is 0 Å². The lowest BCUT2D eigenvalue weighted by Crippen LogP contribution is -2.26. The fourth-order valence-corrected chi connectivity index (χ4v) is 1.70. The van der Waals surface area contributed by atoms with E-state index in [0.29, 0.717) is 43.2 Å². The lowest BCUT2D eigenvalue weighted by atomic mass is 10.1. The zero-order chi connectivity index (χ0) is 14.8. The van der Waals surface area contributed by atoms with E-state index in [9.17, 15) is 4.79 Å². The number of amides is 1. The number of rotatable bonds is 9. The maximum atomic E-state index is 12.1. The second-order valence-corrected chi connectivity index (χ2v) is 3.99. The molecule has 1 rings (SSSR count). The highest BCUT2D eigenvalue weighted by Crippen LogP contribution is 2.30. The summed E-state index contributed by atoms with van der Waals surface area (Å²) in [5.41, 5.74) is 0.433. The van der Waals surface area contributed by atoms with Gasteiger partial charge in [0, 0.05) is 13.2 Å². The van der Waals surface area contributed by atoms with E-state index < -0.39 is 0 Å². The molecule has 6 heteroatoms. The molecular weight excluding hydrogens is 262 g/mol. The monoisotopic (exact) mass is 283 g/mol. The van der Waals surface area contributed by atoms with E-state index in [0.717, 1.165) is 0 Å². The van der Waals surface area contributed by atoms with Gasteiger partial charge in [0.05, 0.1) is 33.0 Å². The van der Waals surface area contributed by atoms with Crippen molar-refractivity contribution in [2.45, 2.75) is 6.42 Å². The summed E-state index contributed by atoms with van der Waals surface area (Å²) in [7, 11) is 3.02. The van der Waals surface area contributed by atoms with Gasteiger partial charge in [0.2, 0.25) is 0 Å². The van der Waals surface area contributed by atoms with Crippen molar-refractivity contribution < 1.29 is 24.1 Å². The van der Waals surface area contributed by atoms with Crippen molar-refractivity contribution in [1.82, 2.24) is 5.32 Å². The first-order chi connectivity index (χ1) is 9.74. The Bertz CT molecular complexity index is 422. The van der Waals surface area contributed by atoms with E-state index >= 15 is 0 Å². The number of aliphatic hydroxyl groups is 1. The third kappa shape index (κ3) is 4.71. The van der Waals surface area contributed by atoms with Gasteiger partial charge in [-0.25, -0.2) is 0 Å². The zero-order valence-electron chi connectivity index (χ0n) is 11.8. The highest BCUT2D eigenvalue weighted by molar-refractivity contribution is 5.97. The van der Waals surface area contributed by atoms with Crippen LogP contribution in [0.3, 0.4) is 0 Å². The van der Waals surface area contributed by atoms with Crippen molar-refractivity contribution in [2.75, 3.05) is 40.6 Å². The number of carbonyl (C=O) groups excluding carboxylic acids is 1. The minimum Gasteiger partial charge on any atom is -0.493 e. The normalized spacial score (nSPS) is 10.2. The van der Waals surface area contributed by atoms with Crippen molar-refractivity contribution in [3.63, 3.8) is 0 Å². The minimum absolute atomic E-state index is 0.00731. The number of benzene rings is 1. The molecule has 0 radical (unpaired) electrons. The molecule has 112 valence electrons. The third-order valence-corrected chi connectivity index (χ3v) is 2.63. The van der Waals surface area contributed by atoms with Crippen LogP contribution in [0.25, 0.3) is 0 Å². The summed E-state index contributed by atoms with van der Waals surface area (Å²) in [6.07, 6.45) is 0.679. The molecule has 0 aliphatic heterocycles. The Morgan fingerprint density at radius 3 is 2.70 bits per heavy atom. The second kappa shape index (κ2) is 9.17. The van der Waals surface area contributed by atoms with E-state index in [-0.39, 0.29) is 12.5 Å². The van der Waals surface area contributed by atoms with E-state index in [2.05, 4.69) is 5.32 Å². The highest BCUT2D eigenvalue weighted by atomic mass is 16.5. The summed E-state index contributed by atoms with van der Waals surface area (Å²) in [6.45, 7) is 1.31. The molecule has 1 amide bonds. The molecule has 0 heterocycles. The van der Waals surface area contributed by atoms with Gasteiger partial charge >= 0.3 is 0 Å². The third-order valence-electron chi connectivity index (χ3n) is 2.63. The van der Waals surface area contributed by atoms with Gasteiger partial charge < -0.3 is 24.6 Å². The summed E-state index contributed by atoms with van der Waals surface area (Å²) in [5, 5.41) is 11.3. The lowest BCUT2D eigenvalue weighted by molar-refractivity contribution is 0.0866. The molecule has 1 aromatic rings. The Morgan fingerprint density at radius 2 is 2.05 bits per heavy atom. The molecule has 0 aliphatic rings. The lowest BCUT2D eigenvalue weighted by Gasteiger charge is -2.12. The average Bonchev–Trinajstić information content (AvgIpc) is 2.49. The summed E-state index contributed by atoms with van der Waals surface area (Å²) in [6, 6.07) is 5.15. The molecule has 0 spiro atoms. The fraction of sp³-hybridized carbons (Fsp3) is 0.500. The SMILES string of the molecule is COc1cccc(C(=O)NCCCOCCO)c1OC. The van der Waals surface area contributed by atoms with Gasteiger partial charge in [0.25, 0.3) is 5.91 Å². The van der Waals surface area contributed by atoms with Gasteiger partial charge in [0.1, 0.15) is 0 Å². The first-order valence-electron chi connectivity index (χ1n) is 6.42. The van der Waals surface area contributed by atoms with Crippen LogP contribution >= 0.6 is 0 Å². The molecule has 0 unspecified atom stereocenters. The Morgan fingerprint density at radius 1 is 1.25 bits per heavy atom. The van der Waals surface area contributed by atoms with Crippen LogP contribution in [-0.4, -0.2) is 51.6 Å². The van der Waals surface area contributed by atoms with Crippen LogP contribution in [0, 0.1) is 0 Å². The van der Waals surface area contributed by atoms with Gasteiger partial charge in [-0.1, -0.05) is 6.07 Å². The van der Waals surface area contributed by atoms with E-state index in [1.807, 2.05) is 0 Å². The zero-order valence-corrected chi connectivity index (χ0v) is 11.8. The fourth-order valence-electron chi connectivity index (χ4n) is 1.70. The average molecular weight is 283 g/mol. The van der Waals surface area contributed by atoms with E-state index in [4.69, 9.17) is 19.3 Å². The minimum atomic E-state index is -0.220. The molecule has 1 aromatic carbocycles. The predicted molar refractivity (Wildman–Crippen MR) is 74.4 cm³/mol. The van der Waals surface area contributed by atoms with Gasteiger partial charge in [-0.2, -0.15) is 0 Å². The molecule has 2 N–H and O–H groups in total. The van der Waals surface area contributed by atoms with Gasteiger partial charge in [-0.15, -0.1) is 0 Å².